The summed E-state index contributed by atoms with van der Waals surface area (Å²) in [6, 6.07) is 4.24. The average molecular weight is 265 g/mol. The summed E-state index contributed by atoms with van der Waals surface area (Å²) in [4.78, 5) is 12.1. The van der Waals surface area contributed by atoms with Crippen LogP contribution in [0.15, 0.2) is 29.8 Å². The van der Waals surface area contributed by atoms with Crippen LogP contribution < -0.4 is 10.1 Å². The zero-order valence-electron chi connectivity index (χ0n) is 9.74. The van der Waals surface area contributed by atoms with Crippen LogP contribution in [0.1, 0.15) is 5.56 Å². The monoisotopic (exact) mass is 265 g/mol. The summed E-state index contributed by atoms with van der Waals surface area (Å²) in [6.07, 6.45) is 1.67. The van der Waals surface area contributed by atoms with Crippen LogP contribution in [0.25, 0.3) is 0 Å². The summed E-state index contributed by atoms with van der Waals surface area (Å²) >= 11 is 1.25. The summed E-state index contributed by atoms with van der Waals surface area (Å²) < 4.78 is 14.6. The number of nitrogens with zero attached hydrogens (tertiary/aromatic N) is 1. The minimum atomic E-state index is -0.389. The number of thiazole rings is 1. The zero-order chi connectivity index (χ0) is 13.1. The summed E-state index contributed by atoms with van der Waals surface area (Å²) in [6.45, 7) is 1.85. The molecule has 0 aliphatic rings. The van der Waals surface area contributed by atoms with Crippen molar-refractivity contribution in [2.24, 2.45) is 0 Å². The number of carbonyl (C=O) groups excluding carboxylic acids is 1. The Balaban J connectivity index is 2.10. The Morgan fingerprint density at radius 3 is 3.00 bits per heavy atom. The molecule has 2 aromatic rings. The Kier molecular flexibility index (Phi) is 3.57. The van der Waals surface area contributed by atoms with Crippen molar-refractivity contribution in [3.8, 4) is 0 Å². The van der Waals surface area contributed by atoms with Gasteiger partial charge in [-0.1, -0.05) is 6.07 Å². The molecule has 0 unspecified atom stereocenters. The number of halogens is 1. The minimum Gasteiger partial charge on any atom is -0.324 e. The minimum absolute atomic E-state index is 0.0539. The van der Waals surface area contributed by atoms with Gasteiger partial charge in [0.1, 0.15) is 12.4 Å². The second-order valence-electron chi connectivity index (χ2n) is 3.84. The lowest BCUT2D eigenvalue weighted by Crippen LogP contribution is -2.24. The predicted molar refractivity (Wildman–Crippen MR) is 67.9 cm³/mol. The highest BCUT2D eigenvalue weighted by Gasteiger charge is 2.07. The maximum absolute atomic E-state index is 13.1. The van der Waals surface area contributed by atoms with E-state index in [9.17, 15) is 9.18 Å². The molecule has 2 N–H and O–H groups in total. The molecule has 0 aliphatic carbocycles. The smallest absolute Gasteiger partial charge is 0.244 e. The molecule has 1 aromatic heterocycles. The van der Waals surface area contributed by atoms with Gasteiger partial charge in [0, 0.05) is 17.3 Å². The molecular formula is C12H12FN3OS. The molecule has 0 fully saturated rings. The third kappa shape index (κ3) is 2.84. The fraction of sp³-hybridized carbons (Fsp3) is 0.167. The number of hydrogen-bond donors (Lipinski definition) is 2. The van der Waals surface area contributed by atoms with E-state index in [0.717, 1.165) is 5.56 Å². The lowest BCUT2D eigenvalue weighted by Gasteiger charge is -2.08. The number of anilines is 1. The van der Waals surface area contributed by atoms with E-state index in [2.05, 4.69) is 5.32 Å². The fourth-order valence-electron chi connectivity index (χ4n) is 1.50. The third-order valence-corrected chi connectivity index (χ3v) is 3.18. The Hall–Kier alpha value is -1.95. The lowest BCUT2D eigenvalue weighted by molar-refractivity contribution is -0.116. The molecule has 0 radical (unpaired) electrons. The molecule has 0 bridgehead atoms. The van der Waals surface area contributed by atoms with Crippen LogP contribution in [0.4, 0.5) is 10.1 Å². The van der Waals surface area contributed by atoms with E-state index in [-0.39, 0.29) is 18.3 Å². The SMILES string of the molecule is Cc1ccc(F)cc1NC(=O)Cn1ccsc1=N. The van der Waals surface area contributed by atoms with Crippen LogP contribution in [0.3, 0.4) is 0 Å². The largest absolute Gasteiger partial charge is 0.324 e. The van der Waals surface area contributed by atoms with Gasteiger partial charge in [0.25, 0.3) is 0 Å². The summed E-state index contributed by atoms with van der Waals surface area (Å²) in [5.41, 5.74) is 1.26. The molecule has 0 saturated heterocycles. The molecule has 0 spiro atoms. The summed E-state index contributed by atoms with van der Waals surface area (Å²) in [7, 11) is 0. The molecule has 2 rings (SSSR count). The van der Waals surface area contributed by atoms with Crippen molar-refractivity contribution in [3.05, 3.63) is 46.0 Å². The predicted octanol–water partition coefficient (Wildman–Crippen LogP) is 2.12. The van der Waals surface area contributed by atoms with E-state index >= 15 is 0 Å². The average Bonchev–Trinajstić information content (AvgIpc) is 2.70. The first-order valence-corrected chi connectivity index (χ1v) is 6.19. The third-order valence-electron chi connectivity index (χ3n) is 2.47. The van der Waals surface area contributed by atoms with Crippen molar-refractivity contribution in [1.82, 2.24) is 4.57 Å². The summed E-state index contributed by atoms with van der Waals surface area (Å²) in [5, 5.41) is 11.9. The molecule has 0 saturated carbocycles. The number of carbonyl (C=O) groups is 1. The van der Waals surface area contributed by atoms with E-state index in [0.29, 0.717) is 10.5 Å². The molecule has 4 nitrogen and oxygen atoms in total. The first kappa shape index (κ1) is 12.5. The van der Waals surface area contributed by atoms with Gasteiger partial charge in [0.05, 0.1) is 0 Å². The molecule has 1 aromatic carbocycles. The molecular weight excluding hydrogens is 253 g/mol. The zero-order valence-corrected chi connectivity index (χ0v) is 10.6. The number of nitrogens with one attached hydrogen (secondary N) is 2. The van der Waals surface area contributed by atoms with Crippen LogP contribution in [-0.2, 0) is 11.3 Å². The van der Waals surface area contributed by atoms with Crippen LogP contribution in [0, 0.1) is 18.2 Å². The van der Waals surface area contributed by atoms with Crippen molar-refractivity contribution in [3.63, 3.8) is 0 Å². The fourth-order valence-corrected chi connectivity index (χ4v) is 2.10. The Labute approximate surface area is 107 Å². The van der Waals surface area contributed by atoms with Gasteiger partial charge < -0.3 is 9.88 Å². The highest BCUT2D eigenvalue weighted by molar-refractivity contribution is 7.06. The molecule has 1 amide bonds. The van der Waals surface area contributed by atoms with E-state index in [1.807, 2.05) is 0 Å². The van der Waals surface area contributed by atoms with Crippen molar-refractivity contribution in [1.29, 1.82) is 5.41 Å². The Bertz CT molecular complexity index is 632. The van der Waals surface area contributed by atoms with Crippen molar-refractivity contribution >= 4 is 22.9 Å². The van der Waals surface area contributed by atoms with Crippen molar-refractivity contribution in [2.45, 2.75) is 13.5 Å². The van der Waals surface area contributed by atoms with Crippen molar-refractivity contribution < 1.29 is 9.18 Å². The van der Waals surface area contributed by atoms with Crippen molar-refractivity contribution in [2.75, 3.05) is 5.32 Å². The number of aryl methyl sites for hydroxylation is 1. The van der Waals surface area contributed by atoms with E-state index in [4.69, 9.17) is 5.41 Å². The number of benzene rings is 1. The highest BCUT2D eigenvalue weighted by Crippen LogP contribution is 2.15. The molecule has 94 valence electrons. The highest BCUT2D eigenvalue weighted by atomic mass is 32.1. The topological polar surface area (TPSA) is 57.9 Å². The maximum Gasteiger partial charge on any atom is 0.244 e. The first-order chi connectivity index (χ1) is 8.56. The molecule has 1 heterocycles. The number of rotatable bonds is 3. The first-order valence-electron chi connectivity index (χ1n) is 5.31. The number of hydrogen-bond acceptors (Lipinski definition) is 3. The molecule has 0 atom stereocenters. The Morgan fingerprint density at radius 2 is 2.33 bits per heavy atom. The number of amides is 1. The summed E-state index contributed by atoms with van der Waals surface area (Å²) in [5.74, 6) is -0.666. The van der Waals surface area contributed by atoms with Crippen LogP contribution >= 0.6 is 11.3 Å². The molecule has 18 heavy (non-hydrogen) atoms. The quantitative estimate of drug-likeness (QED) is 0.877. The normalized spacial score (nSPS) is 10.3. The van der Waals surface area contributed by atoms with Crippen LogP contribution in [0.2, 0.25) is 0 Å². The standard InChI is InChI=1S/C12H12FN3OS/c1-8-2-3-9(13)6-10(8)15-11(17)7-16-4-5-18-12(16)14/h2-6,14H,7H2,1H3,(H,15,17). The van der Waals surface area contributed by atoms with Gasteiger partial charge >= 0.3 is 0 Å². The van der Waals surface area contributed by atoms with Crippen LogP contribution in [0.5, 0.6) is 0 Å². The van der Waals surface area contributed by atoms with Crippen LogP contribution in [-0.4, -0.2) is 10.5 Å². The second kappa shape index (κ2) is 5.14. The Morgan fingerprint density at radius 1 is 1.56 bits per heavy atom. The van der Waals surface area contributed by atoms with Gasteiger partial charge in [-0.2, -0.15) is 0 Å². The van der Waals surface area contributed by atoms with Gasteiger partial charge in [0.15, 0.2) is 4.80 Å². The van der Waals surface area contributed by atoms with Gasteiger partial charge in [-0.3, -0.25) is 10.2 Å². The lowest BCUT2D eigenvalue weighted by atomic mass is 10.2. The van der Waals surface area contributed by atoms with Gasteiger partial charge in [-0.15, -0.1) is 11.3 Å². The molecule has 6 heteroatoms. The second-order valence-corrected chi connectivity index (χ2v) is 4.74. The van der Waals surface area contributed by atoms with E-state index in [1.165, 1.54) is 28.0 Å². The number of aromatic nitrogens is 1. The molecule has 0 aliphatic heterocycles. The van der Waals surface area contributed by atoms with E-state index in [1.54, 1.807) is 24.6 Å². The van der Waals surface area contributed by atoms with Gasteiger partial charge in [0.2, 0.25) is 5.91 Å². The van der Waals surface area contributed by atoms with Gasteiger partial charge in [-0.25, -0.2) is 4.39 Å². The van der Waals surface area contributed by atoms with Gasteiger partial charge in [-0.05, 0) is 24.6 Å². The maximum atomic E-state index is 13.1. The van der Waals surface area contributed by atoms with E-state index < -0.39 is 0 Å².